The van der Waals surface area contributed by atoms with Crippen molar-refractivity contribution in [3.63, 3.8) is 0 Å². The molecule has 0 unspecified atom stereocenters. The number of imidazole rings is 1. The van der Waals surface area contributed by atoms with Crippen molar-refractivity contribution in [1.82, 2.24) is 9.55 Å². The molecule has 0 fully saturated rings. The zero-order valence-electron chi connectivity index (χ0n) is 9.70. The van der Waals surface area contributed by atoms with E-state index in [4.69, 9.17) is 18.0 Å². The maximum Gasteiger partial charge on any atom is 0.404 e. The largest absolute Gasteiger partial charge is 0.448 e. The molecule has 0 saturated heterocycles. The molecular formula is C11H12FN3O2S. The number of hydrogen-bond acceptors (Lipinski definition) is 3. The Morgan fingerprint density at radius 3 is 3.00 bits per heavy atom. The molecule has 18 heavy (non-hydrogen) atoms. The third-order valence-corrected chi connectivity index (χ3v) is 2.94. The number of fused-ring (bicyclic) bond motifs is 1. The third-order valence-electron chi connectivity index (χ3n) is 2.61. The van der Waals surface area contributed by atoms with Crippen molar-refractivity contribution < 1.29 is 13.9 Å². The van der Waals surface area contributed by atoms with Crippen LogP contribution in [0.15, 0.2) is 12.1 Å². The van der Waals surface area contributed by atoms with Crippen LogP contribution in [-0.4, -0.2) is 22.3 Å². The summed E-state index contributed by atoms with van der Waals surface area (Å²) in [5.41, 5.74) is 6.78. The minimum Gasteiger partial charge on any atom is -0.448 e. The summed E-state index contributed by atoms with van der Waals surface area (Å²) < 4.78 is 20.2. The van der Waals surface area contributed by atoms with Crippen LogP contribution in [0.1, 0.15) is 5.56 Å². The second kappa shape index (κ2) is 4.77. The average molecular weight is 269 g/mol. The maximum absolute atomic E-state index is 13.4. The number of ether oxygens (including phenoxy) is 1. The molecule has 0 radical (unpaired) electrons. The van der Waals surface area contributed by atoms with Gasteiger partial charge in [-0.1, -0.05) is 0 Å². The van der Waals surface area contributed by atoms with Crippen molar-refractivity contribution in [1.29, 1.82) is 0 Å². The summed E-state index contributed by atoms with van der Waals surface area (Å²) >= 11 is 5.13. The van der Waals surface area contributed by atoms with Gasteiger partial charge in [-0.25, -0.2) is 9.18 Å². The van der Waals surface area contributed by atoms with Gasteiger partial charge in [-0.2, -0.15) is 0 Å². The Labute approximate surface area is 107 Å². The number of benzene rings is 1. The molecule has 1 heterocycles. The van der Waals surface area contributed by atoms with Crippen molar-refractivity contribution in [2.24, 2.45) is 5.73 Å². The first-order valence-electron chi connectivity index (χ1n) is 5.30. The summed E-state index contributed by atoms with van der Waals surface area (Å²) in [5.74, 6) is -0.292. The van der Waals surface area contributed by atoms with Crippen LogP contribution in [0.3, 0.4) is 0 Å². The summed E-state index contributed by atoms with van der Waals surface area (Å²) in [4.78, 5) is 13.4. The number of aromatic nitrogens is 2. The van der Waals surface area contributed by atoms with Crippen LogP contribution in [0, 0.1) is 17.5 Å². The lowest BCUT2D eigenvalue weighted by atomic mass is 10.2. The predicted molar refractivity (Wildman–Crippen MR) is 67.4 cm³/mol. The Balaban J connectivity index is 2.37. The molecule has 0 spiro atoms. The Kier molecular flexibility index (Phi) is 3.33. The maximum atomic E-state index is 13.4. The van der Waals surface area contributed by atoms with Crippen molar-refractivity contribution in [2.75, 3.05) is 6.61 Å². The molecule has 7 heteroatoms. The number of rotatable bonds is 3. The van der Waals surface area contributed by atoms with Crippen LogP contribution in [-0.2, 0) is 11.3 Å². The van der Waals surface area contributed by atoms with Crippen LogP contribution >= 0.6 is 12.2 Å². The van der Waals surface area contributed by atoms with Crippen LogP contribution < -0.4 is 5.73 Å². The van der Waals surface area contributed by atoms with E-state index in [1.54, 1.807) is 17.6 Å². The number of H-pyrrole nitrogens is 1. The standard InChI is InChI=1S/C11H12FN3O2S/c1-6-4-9-8(5-7(6)12)14-11(18)15(9)2-3-17-10(13)16/h4-5H,2-3H2,1H3,(H2,13,16)(H,14,18). The Hall–Kier alpha value is -1.89. The molecule has 0 bridgehead atoms. The fourth-order valence-electron chi connectivity index (χ4n) is 1.74. The lowest BCUT2D eigenvalue weighted by Crippen LogP contribution is -2.16. The quantitative estimate of drug-likeness (QED) is 0.839. The number of carbonyl (C=O) groups is 1. The number of nitrogens with zero attached hydrogens (tertiary/aromatic N) is 1. The monoisotopic (exact) mass is 269 g/mol. The molecule has 0 aliphatic carbocycles. The van der Waals surface area contributed by atoms with Gasteiger partial charge >= 0.3 is 6.09 Å². The van der Waals surface area contributed by atoms with Gasteiger partial charge in [0.15, 0.2) is 4.77 Å². The van der Waals surface area contributed by atoms with E-state index in [9.17, 15) is 9.18 Å². The summed E-state index contributed by atoms with van der Waals surface area (Å²) in [5, 5.41) is 0. The molecule has 2 aromatic rings. The molecule has 0 atom stereocenters. The molecule has 3 N–H and O–H groups in total. The molecule has 0 saturated carbocycles. The minimum absolute atomic E-state index is 0.118. The normalized spacial score (nSPS) is 10.8. The van der Waals surface area contributed by atoms with Gasteiger partial charge in [-0.05, 0) is 36.8 Å². The van der Waals surface area contributed by atoms with E-state index in [1.165, 1.54) is 6.07 Å². The topological polar surface area (TPSA) is 73.0 Å². The number of aryl methyl sites for hydroxylation is 1. The summed E-state index contributed by atoms with van der Waals surface area (Å²) in [7, 11) is 0. The minimum atomic E-state index is -0.830. The SMILES string of the molecule is Cc1cc2c(cc1F)[nH]c(=S)n2CCOC(N)=O. The zero-order chi connectivity index (χ0) is 13.3. The summed E-state index contributed by atoms with van der Waals surface area (Å²) in [6.45, 7) is 2.16. The average Bonchev–Trinajstić information content (AvgIpc) is 2.56. The molecule has 0 aliphatic rings. The van der Waals surface area contributed by atoms with Gasteiger partial charge < -0.3 is 20.0 Å². The van der Waals surface area contributed by atoms with Crippen LogP contribution in [0.5, 0.6) is 0 Å². The second-order valence-corrected chi connectivity index (χ2v) is 4.25. The molecule has 0 aliphatic heterocycles. The third kappa shape index (κ3) is 2.35. The number of carbonyl (C=O) groups excluding carboxylic acids is 1. The van der Waals surface area contributed by atoms with E-state index in [1.807, 2.05) is 0 Å². The molecule has 1 aromatic carbocycles. The Morgan fingerprint density at radius 1 is 1.61 bits per heavy atom. The van der Waals surface area contributed by atoms with E-state index < -0.39 is 6.09 Å². The number of primary amides is 1. The van der Waals surface area contributed by atoms with Gasteiger partial charge in [-0.3, -0.25) is 0 Å². The van der Waals surface area contributed by atoms with Gasteiger partial charge in [-0.15, -0.1) is 0 Å². The summed E-state index contributed by atoms with van der Waals surface area (Å²) in [6.07, 6.45) is -0.830. The van der Waals surface area contributed by atoms with Gasteiger partial charge in [0.05, 0.1) is 17.6 Å². The second-order valence-electron chi connectivity index (χ2n) is 3.87. The first-order valence-corrected chi connectivity index (χ1v) is 5.71. The Morgan fingerprint density at radius 2 is 2.33 bits per heavy atom. The lowest BCUT2D eigenvalue weighted by Gasteiger charge is -2.05. The number of aromatic amines is 1. The number of hydrogen-bond donors (Lipinski definition) is 2. The van der Waals surface area contributed by atoms with Crippen molar-refractivity contribution in [3.8, 4) is 0 Å². The highest BCUT2D eigenvalue weighted by Crippen LogP contribution is 2.18. The van der Waals surface area contributed by atoms with E-state index >= 15 is 0 Å². The fourth-order valence-corrected chi connectivity index (χ4v) is 2.04. The molecule has 1 amide bonds. The number of nitrogens with two attached hydrogens (primary N) is 1. The van der Waals surface area contributed by atoms with Gasteiger partial charge in [0.25, 0.3) is 0 Å². The van der Waals surface area contributed by atoms with E-state index in [0.29, 0.717) is 22.4 Å². The van der Waals surface area contributed by atoms with Crippen LogP contribution in [0.25, 0.3) is 11.0 Å². The highest BCUT2D eigenvalue weighted by molar-refractivity contribution is 7.71. The fraction of sp³-hybridized carbons (Fsp3) is 0.273. The van der Waals surface area contributed by atoms with Gasteiger partial charge in [0, 0.05) is 0 Å². The molecule has 96 valence electrons. The number of halogens is 1. The molecule has 5 nitrogen and oxygen atoms in total. The van der Waals surface area contributed by atoms with E-state index in [-0.39, 0.29) is 12.4 Å². The first kappa shape index (κ1) is 12.6. The van der Waals surface area contributed by atoms with Crippen LogP contribution in [0.2, 0.25) is 0 Å². The first-order chi connectivity index (χ1) is 8.49. The Bertz CT molecular complexity index is 662. The lowest BCUT2D eigenvalue weighted by molar-refractivity contribution is 0.152. The van der Waals surface area contributed by atoms with Crippen molar-refractivity contribution in [3.05, 3.63) is 28.3 Å². The van der Waals surface area contributed by atoms with Crippen molar-refractivity contribution >= 4 is 29.3 Å². The molecular weight excluding hydrogens is 257 g/mol. The number of amides is 1. The highest BCUT2D eigenvalue weighted by atomic mass is 32.1. The zero-order valence-corrected chi connectivity index (χ0v) is 10.5. The molecule has 1 aromatic heterocycles. The van der Waals surface area contributed by atoms with Gasteiger partial charge in [0.2, 0.25) is 0 Å². The van der Waals surface area contributed by atoms with E-state index in [0.717, 1.165) is 5.52 Å². The van der Waals surface area contributed by atoms with Gasteiger partial charge in [0.1, 0.15) is 12.4 Å². The highest BCUT2D eigenvalue weighted by Gasteiger charge is 2.08. The van der Waals surface area contributed by atoms with E-state index in [2.05, 4.69) is 9.72 Å². The smallest absolute Gasteiger partial charge is 0.404 e. The summed E-state index contributed by atoms with van der Waals surface area (Å²) in [6, 6.07) is 3.09. The predicted octanol–water partition coefficient (Wildman–Crippen LogP) is 2.24. The number of nitrogens with one attached hydrogen (secondary N) is 1. The van der Waals surface area contributed by atoms with Crippen LogP contribution in [0.4, 0.5) is 9.18 Å². The molecule has 2 rings (SSSR count). The van der Waals surface area contributed by atoms with Crippen molar-refractivity contribution in [2.45, 2.75) is 13.5 Å².